The SMILES string of the molecule is CC(CN)Nc1cc(Cl)ccc1C(N)=O. The van der Waals surface area contributed by atoms with E-state index in [-0.39, 0.29) is 6.04 Å². The van der Waals surface area contributed by atoms with E-state index in [0.717, 1.165) is 0 Å². The molecule has 0 bridgehead atoms. The Kier molecular flexibility index (Phi) is 3.94. The predicted molar refractivity (Wildman–Crippen MR) is 62.1 cm³/mol. The molecule has 0 radical (unpaired) electrons. The van der Waals surface area contributed by atoms with Crippen LogP contribution in [-0.4, -0.2) is 18.5 Å². The summed E-state index contributed by atoms with van der Waals surface area (Å²) in [6.07, 6.45) is 0. The van der Waals surface area contributed by atoms with Crippen molar-refractivity contribution >= 4 is 23.2 Å². The molecule has 1 aromatic rings. The van der Waals surface area contributed by atoms with Crippen LogP contribution < -0.4 is 16.8 Å². The zero-order valence-electron chi connectivity index (χ0n) is 8.46. The minimum Gasteiger partial charge on any atom is -0.381 e. The summed E-state index contributed by atoms with van der Waals surface area (Å²) >= 11 is 5.82. The maximum absolute atomic E-state index is 11.1. The van der Waals surface area contributed by atoms with E-state index >= 15 is 0 Å². The Labute approximate surface area is 93.6 Å². The Morgan fingerprint density at radius 2 is 2.27 bits per heavy atom. The van der Waals surface area contributed by atoms with Gasteiger partial charge in [0, 0.05) is 23.3 Å². The summed E-state index contributed by atoms with van der Waals surface area (Å²) in [5, 5.41) is 3.62. The van der Waals surface area contributed by atoms with Gasteiger partial charge in [-0.3, -0.25) is 4.79 Å². The lowest BCUT2D eigenvalue weighted by molar-refractivity contribution is 0.100. The first-order chi connectivity index (χ1) is 7.04. The molecule has 82 valence electrons. The second-order valence-electron chi connectivity index (χ2n) is 3.34. The van der Waals surface area contributed by atoms with E-state index in [1.54, 1.807) is 18.2 Å². The molecule has 0 aliphatic carbocycles. The first-order valence-corrected chi connectivity index (χ1v) is 4.98. The molecule has 0 saturated heterocycles. The van der Waals surface area contributed by atoms with Gasteiger partial charge < -0.3 is 16.8 Å². The highest BCUT2D eigenvalue weighted by atomic mass is 35.5. The molecule has 15 heavy (non-hydrogen) atoms. The summed E-state index contributed by atoms with van der Waals surface area (Å²) in [5.74, 6) is -0.488. The number of benzene rings is 1. The smallest absolute Gasteiger partial charge is 0.250 e. The van der Waals surface area contributed by atoms with Crippen LogP contribution in [0, 0.1) is 0 Å². The highest BCUT2D eigenvalue weighted by Crippen LogP contribution is 2.21. The van der Waals surface area contributed by atoms with Crippen LogP contribution in [0.2, 0.25) is 5.02 Å². The van der Waals surface area contributed by atoms with Crippen LogP contribution in [-0.2, 0) is 0 Å². The normalized spacial score (nSPS) is 12.2. The topological polar surface area (TPSA) is 81.1 Å². The van der Waals surface area contributed by atoms with E-state index < -0.39 is 5.91 Å². The van der Waals surface area contributed by atoms with Gasteiger partial charge in [-0.15, -0.1) is 0 Å². The molecule has 5 heteroatoms. The first kappa shape index (κ1) is 11.8. The number of hydrogen-bond acceptors (Lipinski definition) is 3. The van der Waals surface area contributed by atoms with E-state index in [1.807, 2.05) is 6.92 Å². The average molecular weight is 228 g/mol. The van der Waals surface area contributed by atoms with E-state index in [1.165, 1.54) is 0 Å². The van der Waals surface area contributed by atoms with Crippen LogP contribution in [0.25, 0.3) is 0 Å². The summed E-state index contributed by atoms with van der Waals surface area (Å²) in [6, 6.07) is 4.94. The maximum atomic E-state index is 11.1. The largest absolute Gasteiger partial charge is 0.381 e. The zero-order chi connectivity index (χ0) is 11.4. The van der Waals surface area contributed by atoms with Gasteiger partial charge in [-0.2, -0.15) is 0 Å². The predicted octanol–water partition coefficient (Wildman–Crippen LogP) is 1.20. The van der Waals surface area contributed by atoms with Crippen molar-refractivity contribution in [2.75, 3.05) is 11.9 Å². The minimum absolute atomic E-state index is 0.0570. The van der Waals surface area contributed by atoms with Crippen LogP contribution in [0.3, 0.4) is 0 Å². The second-order valence-corrected chi connectivity index (χ2v) is 3.77. The molecule has 1 atom stereocenters. The van der Waals surface area contributed by atoms with Gasteiger partial charge in [-0.25, -0.2) is 0 Å². The number of nitrogens with two attached hydrogens (primary N) is 2. The van der Waals surface area contributed by atoms with Crippen molar-refractivity contribution in [3.63, 3.8) is 0 Å². The van der Waals surface area contributed by atoms with Crippen molar-refractivity contribution in [2.45, 2.75) is 13.0 Å². The lowest BCUT2D eigenvalue weighted by Crippen LogP contribution is -2.26. The van der Waals surface area contributed by atoms with E-state index in [2.05, 4.69) is 5.32 Å². The Morgan fingerprint density at radius 3 is 2.80 bits per heavy atom. The Balaban J connectivity index is 3.02. The third-order valence-corrected chi connectivity index (χ3v) is 2.24. The molecule has 4 nitrogen and oxygen atoms in total. The Morgan fingerprint density at radius 1 is 1.60 bits per heavy atom. The fraction of sp³-hybridized carbons (Fsp3) is 0.300. The van der Waals surface area contributed by atoms with Crippen molar-refractivity contribution in [2.24, 2.45) is 11.5 Å². The highest BCUT2D eigenvalue weighted by Gasteiger charge is 2.10. The fourth-order valence-corrected chi connectivity index (χ4v) is 1.35. The number of amides is 1. The third kappa shape index (κ3) is 3.11. The van der Waals surface area contributed by atoms with E-state index in [9.17, 15) is 4.79 Å². The molecular weight excluding hydrogens is 214 g/mol. The van der Waals surface area contributed by atoms with Gasteiger partial charge in [0.25, 0.3) is 5.91 Å². The van der Waals surface area contributed by atoms with Crippen LogP contribution in [0.1, 0.15) is 17.3 Å². The Hall–Kier alpha value is -1.26. The Bertz CT molecular complexity index is 368. The number of carbonyl (C=O) groups excluding carboxylic acids is 1. The van der Waals surface area contributed by atoms with Gasteiger partial charge in [-0.1, -0.05) is 11.6 Å². The van der Waals surface area contributed by atoms with Crippen molar-refractivity contribution < 1.29 is 4.79 Å². The number of nitrogens with one attached hydrogen (secondary N) is 1. The van der Waals surface area contributed by atoms with Gasteiger partial charge in [0.15, 0.2) is 0 Å². The molecular formula is C10H14ClN3O. The minimum atomic E-state index is -0.488. The van der Waals surface area contributed by atoms with Crippen LogP contribution in [0.5, 0.6) is 0 Å². The summed E-state index contributed by atoms with van der Waals surface area (Å²) in [5.41, 5.74) is 11.7. The van der Waals surface area contributed by atoms with Gasteiger partial charge in [0.2, 0.25) is 0 Å². The summed E-state index contributed by atoms with van der Waals surface area (Å²) in [4.78, 5) is 11.1. The van der Waals surface area contributed by atoms with Crippen molar-refractivity contribution in [3.8, 4) is 0 Å². The van der Waals surface area contributed by atoms with Gasteiger partial charge in [0.1, 0.15) is 0 Å². The van der Waals surface area contributed by atoms with E-state index in [4.69, 9.17) is 23.1 Å². The van der Waals surface area contributed by atoms with Gasteiger partial charge >= 0.3 is 0 Å². The maximum Gasteiger partial charge on any atom is 0.250 e. The summed E-state index contributed by atoms with van der Waals surface area (Å²) in [7, 11) is 0. The van der Waals surface area contributed by atoms with Crippen molar-refractivity contribution in [1.29, 1.82) is 0 Å². The lowest BCUT2D eigenvalue weighted by Gasteiger charge is -2.15. The average Bonchev–Trinajstić information content (AvgIpc) is 2.17. The monoisotopic (exact) mass is 227 g/mol. The first-order valence-electron chi connectivity index (χ1n) is 4.60. The van der Waals surface area contributed by atoms with Gasteiger partial charge in [-0.05, 0) is 25.1 Å². The molecule has 0 heterocycles. The molecule has 5 N–H and O–H groups in total. The van der Waals surface area contributed by atoms with Crippen LogP contribution in [0.15, 0.2) is 18.2 Å². The molecule has 0 aliphatic heterocycles. The molecule has 0 spiro atoms. The summed E-state index contributed by atoms with van der Waals surface area (Å²) in [6.45, 7) is 2.37. The molecule has 0 aromatic heterocycles. The van der Waals surface area contributed by atoms with Crippen LogP contribution >= 0.6 is 11.6 Å². The van der Waals surface area contributed by atoms with Crippen molar-refractivity contribution in [1.82, 2.24) is 0 Å². The number of carbonyl (C=O) groups is 1. The quantitative estimate of drug-likeness (QED) is 0.723. The summed E-state index contributed by atoms with van der Waals surface area (Å²) < 4.78 is 0. The van der Waals surface area contributed by atoms with Crippen LogP contribution in [0.4, 0.5) is 5.69 Å². The fourth-order valence-electron chi connectivity index (χ4n) is 1.18. The second kappa shape index (κ2) is 5.00. The van der Waals surface area contributed by atoms with E-state index in [0.29, 0.717) is 22.8 Å². The zero-order valence-corrected chi connectivity index (χ0v) is 9.21. The molecule has 0 saturated carbocycles. The molecule has 1 aromatic carbocycles. The molecule has 0 fully saturated rings. The molecule has 1 amide bonds. The molecule has 1 rings (SSSR count). The molecule has 1 unspecified atom stereocenters. The number of primary amides is 1. The third-order valence-electron chi connectivity index (χ3n) is 2.00. The number of rotatable bonds is 4. The lowest BCUT2D eigenvalue weighted by atomic mass is 10.1. The molecule has 0 aliphatic rings. The highest BCUT2D eigenvalue weighted by molar-refractivity contribution is 6.31. The standard InChI is InChI=1S/C10H14ClN3O/c1-6(5-12)14-9-4-7(11)2-3-8(9)10(13)15/h2-4,6,14H,5,12H2,1H3,(H2,13,15). The number of halogens is 1. The van der Waals surface area contributed by atoms with Crippen molar-refractivity contribution in [3.05, 3.63) is 28.8 Å². The van der Waals surface area contributed by atoms with Gasteiger partial charge in [0.05, 0.1) is 5.56 Å². The number of anilines is 1. The number of hydrogen-bond donors (Lipinski definition) is 3.